The maximum absolute atomic E-state index is 13.6. The predicted octanol–water partition coefficient (Wildman–Crippen LogP) is 3.78. The monoisotopic (exact) mass is 236 g/mol. The Bertz CT molecular complexity index is 415. The first kappa shape index (κ1) is 12.6. The SMILES string of the molecule is Cc1ccc(C2(O)CC(C)CCC2C)cc1F. The first-order valence-corrected chi connectivity index (χ1v) is 6.42. The van der Waals surface area contributed by atoms with Crippen LogP contribution >= 0.6 is 0 Å². The van der Waals surface area contributed by atoms with E-state index in [1.165, 1.54) is 6.07 Å². The second kappa shape index (κ2) is 4.41. The summed E-state index contributed by atoms with van der Waals surface area (Å²) in [6.07, 6.45) is 2.89. The van der Waals surface area contributed by atoms with Gasteiger partial charge < -0.3 is 5.11 Å². The summed E-state index contributed by atoms with van der Waals surface area (Å²) in [4.78, 5) is 0. The fraction of sp³-hybridized carbons (Fsp3) is 0.600. The Morgan fingerprint density at radius 2 is 2.00 bits per heavy atom. The Labute approximate surface area is 103 Å². The topological polar surface area (TPSA) is 20.2 Å². The van der Waals surface area contributed by atoms with Crippen LogP contribution < -0.4 is 0 Å². The molecule has 0 saturated heterocycles. The van der Waals surface area contributed by atoms with E-state index in [1.807, 2.05) is 6.07 Å². The molecule has 1 nitrogen and oxygen atoms in total. The summed E-state index contributed by atoms with van der Waals surface area (Å²) < 4.78 is 13.6. The van der Waals surface area contributed by atoms with Gasteiger partial charge in [-0.05, 0) is 48.8 Å². The molecule has 0 aliphatic heterocycles. The molecule has 2 rings (SSSR count). The molecule has 94 valence electrons. The van der Waals surface area contributed by atoms with Crippen LogP contribution in [0.2, 0.25) is 0 Å². The minimum Gasteiger partial charge on any atom is -0.385 e. The largest absolute Gasteiger partial charge is 0.385 e. The normalized spacial score (nSPS) is 33.7. The fourth-order valence-electron chi connectivity index (χ4n) is 2.87. The second-order valence-electron chi connectivity index (χ2n) is 5.68. The highest BCUT2D eigenvalue weighted by Crippen LogP contribution is 2.43. The molecular formula is C15H21FO. The van der Waals surface area contributed by atoms with E-state index >= 15 is 0 Å². The van der Waals surface area contributed by atoms with Crippen molar-refractivity contribution in [3.63, 3.8) is 0 Å². The van der Waals surface area contributed by atoms with Crippen LogP contribution in [0, 0.1) is 24.6 Å². The summed E-state index contributed by atoms with van der Waals surface area (Å²) in [5.41, 5.74) is 0.514. The van der Waals surface area contributed by atoms with Crippen molar-refractivity contribution in [1.82, 2.24) is 0 Å². The molecule has 0 heterocycles. The van der Waals surface area contributed by atoms with E-state index < -0.39 is 5.60 Å². The van der Waals surface area contributed by atoms with Crippen molar-refractivity contribution in [2.75, 3.05) is 0 Å². The molecule has 1 aliphatic carbocycles. The highest BCUT2D eigenvalue weighted by atomic mass is 19.1. The van der Waals surface area contributed by atoms with Crippen molar-refractivity contribution in [1.29, 1.82) is 0 Å². The molecule has 0 aromatic heterocycles. The van der Waals surface area contributed by atoms with Gasteiger partial charge in [0.25, 0.3) is 0 Å². The first-order chi connectivity index (χ1) is 7.93. The Balaban J connectivity index is 2.38. The number of aliphatic hydroxyl groups is 1. The van der Waals surface area contributed by atoms with Crippen LogP contribution in [0.4, 0.5) is 4.39 Å². The zero-order valence-corrected chi connectivity index (χ0v) is 10.8. The number of hydrogen-bond acceptors (Lipinski definition) is 1. The standard InChI is InChI=1S/C15H21FO/c1-10-4-6-12(3)15(17,9-10)13-7-5-11(2)14(16)8-13/h5,7-8,10,12,17H,4,6,9H2,1-3H3. The highest BCUT2D eigenvalue weighted by Gasteiger charge is 2.40. The molecule has 1 saturated carbocycles. The van der Waals surface area contributed by atoms with Gasteiger partial charge in [0.2, 0.25) is 0 Å². The number of aryl methyl sites for hydroxylation is 1. The van der Waals surface area contributed by atoms with Crippen LogP contribution in [-0.4, -0.2) is 5.11 Å². The lowest BCUT2D eigenvalue weighted by atomic mass is 9.69. The van der Waals surface area contributed by atoms with E-state index in [9.17, 15) is 9.50 Å². The van der Waals surface area contributed by atoms with E-state index in [0.29, 0.717) is 11.5 Å². The Hall–Kier alpha value is -0.890. The summed E-state index contributed by atoms with van der Waals surface area (Å²) in [5, 5.41) is 10.8. The number of benzene rings is 1. The summed E-state index contributed by atoms with van der Waals surface area (Å²) in [7, 11) is 0. The van der Waals surface area contributed by atoms with Crippen LogP contribution in [0.5, 0.6) is 0 Å². The van der Waals surface area contributed by atoms with Crippen LogP contribution in [0.3, 0.4) is 0 Å². The van der Waals surface area contributed by atoms with Gasteiger partial charge in [0.1, 0.15) is 5.82 Å². The van der Waals surface area contributed by atoms with Crippen molar-refractivity contribution in [3.05, 3.63) is 35.1 Å². The molecule has 0 spiro atoms. The Morgan fingerprint density at radius 1 is 1.29 bits per heavy atom. The lowest BCUT2D eigenvalue weighted by Crippen LogP contribution is -2.39. The number of rotatable bonds is 1. The van der Waals surface area contributed by atoms with Crippen LogP contribution in [0.25, 0.3) is 0 Å². The van der Waals surface area contributed by atoms with Gasteiger partial charge in [-0.15, -0.1) is 0 Å². The van der Waals surface area contributed by atoms with Crippen molar-refractivity contribution in [2.24, 2.45) is 11.8 Å². The Morgan fingerprint density at radius 3 is 2.65 bits per heavy atom. The molecule has 0 radical (unpaired) electrons. The van der Waals surface area contributed by atoms with Gasteiger partial charge in [0, 0.05) is 0 Å². The smallest absolute Gasteiger partial charge is 0.126 e. The maximum Gasteiger partial charge on any atom is 0.126 e. The highest BCUT2D eigenvalue weighted by molar-refractivity contribution is 5.29. The molecule has 1 aromatic carbocycles. The van der Waals surface area contributed by atoms with E-state index in [0.717, 1.165) is 24.8 Å². The van der Waals surface area contributed by atoms with Crippen molar-refractivity contribution in [3.8, 4) is 0 Å². The summed E-state index contributed by atoms with van der Waals surface area (Å²) in [5.74, 6) is 0.475. The van der Waals surface area contributed by atoms with Crippen molar-refractivity contribution in [2.45, 2.75) is 45.6 Å². The molecule has 2 heteroatoms. The average molecular weight is 236 g/mol. The summed E-state index contributed by atoms with van der Waals surface area (Å²) >= 11 is 0. The lowest BCUT2D eigenvalue weighted by Gasteiger charge is -2.41. The predicted molar refractivity (Wildman–Crippen MR) is 67.2 cm³/mol. The lowest BCUT2D eigenvalue weighted by molar-refractivity contribution is -0.0629. The summed E-state index contributed by atoms with van der Waals surface area (Å²) in [6.45, 7) is 5.96. The third-order valence-corrected chi connectivity index (χ3v) is 4.24. The van der Waals surface area contributed by atoms with Crippen LogP contribution in [-0.2, 0) is 5.60 Å². The van der Waals surface area contributed by atoms with Crippen molar-refractivity contribution < 1.29 is 9.50 Å². The molecule has 1 fully saturated rings. The van der Waals surface area contributed by atoms with Crippen LogP contribution in [0.15, 0.2) is 18.2 Å². The summed E-state index contributed by atoms with van der Waals surface area (Å²) in [6, 6.07) is 5.13. The van der Waals surface area contributed by atoms with Gasteiger partial charge >= 0.3 is 0 Å². The molecule has 0 amide bonds. The quantitative estimate of drug-likeness (QED) is 0.786. The zero-order valence-electron chi connectivity index (χ0n) is 10.8. The van der Waals surface area contributed by atoms with E-state index in [-0.39, 0.29) is 11.7 Å². The molecule has 3 atom stereocenters. The van der Waals surface area contributed by atoms with Gasteiger partial charge in [-0.1, -0.05) is 32.4 Å². The molecule has 1 N–H and O–H groups in total. The molecule has 1 aromatic rings. The molecular weight excluding hydrogens is 215 g/mol. The van der Waals surface area contributed by atoms with E-state index in [2.05, 4.69) is 13.8 Å². The minimum atomic E-state index is -0.855. The fourth-order valence-corrected chi connectivity index (χ4v) is 2.87. The number of hydrogen-bond donors (Lipinski definition) is 1. The van der Waals surface area contributed by atoms with Gasteiger partial charge in [0.15, 0.2) is 0 Å². The Kier molecular flexibility index (Phi) is 3.26. The number of halogens is 1. The molecule has 17 heavy (non-hydrogen) atoms. The van der Waals surface area contributed by atoms with Crippen LogP contribution in [0.1, 0.15) is 44.2 Å². The van der Waals surface area contributed by atoms with E-state index in [4.69, 9.17) is 0 Å². The van der Waals surface area contributed by atoms with Crippen molar-refractivity contribution >= 4 is 0 Å². The van der Waals surface area contributed by atoms with Gasteiger partial charge in [-0.2, -0.15) is 0 Å². The molecule has 3 unspecified atom stereocenters. The minimum absolute atomic E-state index is 0.195. The van der Waals surface area contributed by atoms with Gasteiger partial charge in [-0.25, -0.2) is 4.39 Å². The maximum atomic E-state index is 13.6. The van der Waals surface area contributed by atoms with Gasteiger partial charge in [-0.3, -0.25) is 0 Å². The third-order valence-electron chi connectivity index (χ3n) is 4.24. The molecule has 1 aliphatic rings. The molecule has 0 bridgehead atoms. The third kappa shape index (κ3) is 2.23. The first-order valence-electron chi connectivity index (χ1n) is 6.42. The van der Waals surface area contributed by atoms with E-state index in [1.54, 1.807) is 13.0 Å². The zero-order chi connectivity index (χ0) is 12.6. The average Bonchev–Trinajstić information content (AvgIpc) is 2.28. The van der Waals surface area contributed by atoms with Gasteiger partial charge in [0.05, 0.1) is 5.60 Å². The second-order valence-corrected chi connectivity index (χ2v) is 5.68.